The van der Waals surface area contributed by atoms with E-state index in [0.29, 0.717) is 6.54 Å². The van der Waals surface area contributed by atoms with Crippen LogP contribution in [-0.2, 0) is 6.54 Å². The zero-order valence-corrected chi connectivity index (χ0v) is 14.7. The molecule has 0 radical (unpaired) electrons. The zero-order valence-electron chi connectivity index (χ0n) is 12.4. The van der Waals surface area contributed by atoms with Crippen LogP contribution in [0.4, 0.5) is 11.4 Å². The predicted molar refractivity (Wildman–Crippen MR) is 96.5 cm³/mol. The van der Waals surface area contributed by atoms with E-state index in [9.17, 15) is 0 Å². The van der Waals surface area contributed by atoms with E-state index in [4.69, 9.17) is 11.6 Å². The van der Waals surface area contributed by atoms with Gasteiger partial charge in [0, 0.05) is 40.5 Å². The van der Waals surface area contributed by atoms with Crippen molar-refractivity contribution in [2.45, 2.75) is 20.4 Å². The summed E-state index contributed by atoms with van der Waals surface area (Å²) in [5, 5.41) is 4.19. The van der Waals surface area contributed by atoms with E-state index in [1.165, 1.54) is 5.69 Å². The fourth-order valence-electron chi connectivity index (χ4n) is 2.25. The molecule has 0 heterocycles. The highest BCUT2D eigenvalue weighted by Gasteiger charge is 2.03. The summed E-state index contributed by atoms with van der Waals surface area (Å²) in [6, 6.07) is 14.4. The number of nitrogens with one attached hydrogen (secondary N) is 1. The van der Waals surface area contributed by atoms with Gasteiger partial charge in [0.2, 0.25) is 0 Å². The van der Waals surface area contributed by atoms with Gasteiger partial charge in [-0.05, 0) is 61.9 Å². The molecule has 0 atom stereocenters. The zero-order chi connectivity index (χ0) is 15.2. The molecule has 0 aliphatic heterocycles. The summed E-state index contributed by atoms with van der Waals surface area (Å²) in [6.45, 7) is 7.10. The van der Waals surface area contributed by atoms with Crippen LogP contribution in [0.2, 0.25) is 5.02 Å². The third kappa shape index (κ3) is 4.39. The molecule has 0 aromatic heterocycles. The van der Waals surface area contributed by atoms with Crippen LogP contribution in [0.15, 0.2) is 46.9 Å². The van der Waals surface area contributed by atoms with Crippen LogP contribution in [0.5, 0.6) is 0 Å². The summed E-state index contributed by atoms with van der Waals surface area (Å²) in [4.78, 5) is 2.33. The van der Waals surface area contributed by atoms with Gasteiger partial charge >= 0.3 is 0 Å². The molecule has 0 aliphatic carbocycles. The minimum Gasteiger partial charge on any atom is -0.381 e. The van der Waals surface area contributed by atoms with E-state index in [-0.39, 0.29) is 0 Å². The molecule has 0 aliphatic rings. The van der Waals surface area contributed by atoms with E-state index < -0.39 is 0 Å². The number of anilines is 2. The first-order chi connectivity index (χ1) is 10.1. The molecule has 2 rings (SSSR count). The number of benzene rings is 2. The van der Waals surface area contributed by atoms with Crippen LogP contribution < -0.4 is 10.2 Å². The van der Waals surface area contributed by atoms with Gasteiger partial charge < -0.3 is 10.2 Å². The summed E-state index contributed by atoms with van der Waals surface area (Å²) in [6.07, 6.45) is 0. The Hall–Kier alpha value is -1.19. The van der Waals surface area contributed by atoms with Crippen LogP contribution in [-0.4, -0.2) is 13.1 Å². The summed E-state index contributed by atoms with van der Waals surface area (Å²) >= 11 is 9.67. The highest BCUT2D eigenvalue weighted by atomic mass is 79.9. The lowest BCUT2D eigenvalue weighted by Gasteiger charge is -2.21. The number of hydrogen-bond acceptors (Lipinski definition) is 2. The Bertz CT molecular complexity index is 580. The monoisotopic (exact) mass is 366 g/mol. The van der Waals surface area contributed by atoms with Gasteiger partial charge in [0.15, 0.2) is 0 Å². The van der Waals surface area contributed by atoms with E-state index >= 15 is 0 Å². The molecule has 4 heteroatoms. The third-order valence-electron chi connectivity index (χ3n) is 3.49. The Morgan fingerprint density at radius 2 is 1.71 bits per heavy atom. The normalized spacial score (nSPS) is 10.5. The first-order valence-corrected chi connectivity index (χ1v) is 8.34. The summed E-state index contributed by atoms with van der Waals surface area (Å²) < 4.78 is 1.04. The van der Waals surface area contributed by atoms with Crippen LogP contribution in [0.1, 0.15) is 19.4 Å². The molecule has 2 aromatic rings. The van der Waals surface area contributed by atoms with Crippen LogP contribution in [0.25, 0.3) is 0 Å². The summed E-state index contributed by atoms with van der Waals surface area (Å²) in [5.41, 5.74) is 3.44. The highest BCUT2D eigenvalue weighted by Crippen LogP contribution is 2.23. The molecular weight excluding hydrogens is 348 g/mol. The Labute approximate surface area is 140 Å². The molecule has 0 bridgehead atoms. The van der Waals surface area contributed by atoms with Crippen molar-refractivity contribution in [3.63, 3.8) is 0 Å². The molecule has 0 saturated heterocycles. The lowest BCUT2D eigenvalue weighted by molar-refractivity contribution is 0.866. The Morgan fingerprint density at radius 3 is 2.33 bits per heavy atom. The summed E-state index contributed by atoms with van der Waals surface area (Å²) in [7, 11) is 0. The van der Waals surface area contributed by atoms with E-state index in [0.717, 1.165) is 33.8 Å². The van der Waals surface area contributed by atoms with Crippen LogP contribution in [0.3, 0.4) is 0 Å². The average molecular weight is 368 g/mol. The first kappa shape index (κ1) is 16.2. The van der Waals surface area contributed by atoms with Gasteiger partial charge in [-0.25, -0.2) is 0 Å². The fraction of sp³-hybridized carbons (Fsp3) is 0.294. The van der Waals surface area contributed by atoms with Gasteiger partial charge in [-0.1, -0.05) is 27.5 Å². The quantitative estimate of drug-likeness (QED) is 0.719. The number of rotatable bonds is 6. The van der Waals surface area contributed by atoms with Crippen LogP contribution >= 0.6 is 27.5 Å². The second-order valence-electron chi connectivity index (χ2n) is 4.81. The van der Waals surface area contributed by atoms with Gasteiger partial charge in [0.25, 0.3) is 0 Å². The Morgan fingerprint density at radius 1 is 1.05 bits per heavy atom. The van der Waals surface area contributed by atoms with E-state index in [1.54, 1.807) is 0 Å². The molecule has 2 nitrogen and oxygen atoms in total. The molecule has 2 aromatic carbocycles. The number of hydrogen-bond donors (Lipinski definition) is 1. The van der Waals surface area contributed by atoms with Crippen molar-refractivity contribution < 1.29 is 0 Å². The number of nitrogens with zero attached hydrogens (tertiary/aromatic N) is 1. The third-order valence-corrected chi connectivity index (χ3v) is 4.35. The van der Waals surface area contributed by atoms with Crippen molar-refractivity contribution in [1.82, 2.24) is 0 Å². The van der Waals surface area contributed by atoms with Crippen molar-refractivity contribution in [2.24, 2.45) is 0 Å². The van der Waals surface area contributed by atoms with E-state index in [1.807, 2.05) is 18.2 Å². The van der Waals surface area contributed by atoms with Gasteiger partial charge in [-0.2, -0.15) is 0 Å². The van der Waals surface area contributed by atoms with Crippen molar-refractivity contribution in [3.05, 3.63) is 57.5 Å². The second kappa shape index (κ2) is 7.71. The van der Waals surface area contributed by atoms with E-state index in [2.05, 4.69) is 64.3 Å². The summed E-state index contributed by atoms with van der Waals surface area (Å²) in [5.74, 6) is 0. The molecule has 112 valence electrons. The molecule has 0 unspecified atom stereocenters. The predicted octanol–water partition coefficient (Wildman–Crippen LogP) is 5.56. The van der Waals surface area contributed by atoms with Gasteiger partial charge in [0.1, 0.15) is 0 Å². The van der Waals surface area contributed by atoms with Gasteiger partial charge in [-0.3, -0.25) is 0 Å². The van der Waals surface area contributed by atoms with Crippen molar-refractivity contribution in [1.29, 1.82) is 0 Å². The second-order valence-corrected chi connectivity index (χ2v) is 6.13. The number of halogens is 2. The molecule has 0 fully saturated rings. The SMILES string of the molecule is CCN(CC)c1ccc(NCc2cc(Br)ccc2Cl)cc1. The maximum absolute atomic E-state index is 6.20. The Kier molecular flexibility index (Phi) is 5.95. The standard InChI is InChI=1S/C17H20BrClN2/c1-3-21(4-2)16-8-6-15(7-9-16)20-12-13-11-14(18)5-10-17(13)19/h5-11,20H,3-4,12H2,1-2H3. The maximum Gasteiger partial charge on any atom is 0.0456 e. The lowest BCUT2D eigenvalue weighted by Crippen LogP contribution is -2.21. The molecular formula is C17H20BrClN2. The first-order valence-electron chi connectivity index (χ1n) is 7.16. The Balaban J connectivity index is 2.02. The van der Waals surface area contributed by atoms with Crippen LogP contribution in [0, 0.1) is 0 Å². The molecule has 1 N–H and O–H groups in total. The van der Waals surface area contributed by atoms with Crippen molar-refractivity contribution in [2.75, 3.05) is 23.3 Å². The molecule has 21 heavy (non-hydrogen) atoms. The maximum atomic E-state index is 6.20. The van der Waals surface area contributed by atoms with Crippen molar-refractivity contribution in [3.8, 4) is 0 Å². The largest absolute Gasteiger partial charge is 0.381 e. The molecule has 0 saturated carbocycles. The topological polar surface area (TPSA) is 15.3 Å². The molecule has 0 spiro atoms. The minimum atomic E-state index is 0.711. The highest BCUT2D eigenvalue weighted by molar-refractivity contribution is 9.10. The van der Waals surface area contributed by atoms with Gasteiger partial charge in [-0.15, -0.1) is 0 Å². The lowest BCUT2D eigenvalue weighted by atomic mass is 10.2. The fourth-order valence-corrected chi connectivity index (χ4v) is 2.85. The van der Waals surface area contributed by atoms with Gasteiger partial charge in [0.05, 0.1) is 0 Å². The minimum absolute atomic E-state index is 0.711. The molecule has 0 amide bonds. The smallest absolute Gasteiger partial charge is 0.0456 e. The van der Waals surface area contributed by atoms with Crippen molar-refractivity contribution >= 4 is 38.9 Å². The average Bonchev–Trinajstić information content (AvgIpc) is 2.51.